The lowest BCUT2D eigenvalue weighted by atomic mass is 9.87. The Morgan fingerprint density at radius 2 is 2.00 bits per heavy atom. The number of fused-ring (bicyclic) bond motifs is 1. The van der Waals surface area contributed by atoms with E-state index in [-0.39, 0.29) is 24.0 Å². The number of pyridine rings is 1. The zero-order valence-electron chi connectivity index (χ0n) is 19.9. The largest absolute Gasteiger partial charge is 0.573 e. The maximum atomic E-state index is 13.0. The van der Waals surface area contributed by atoms with Crippen molar-refractivity contribution in [1.29, 1.82) is 0 Å². The Balaban J connectivity index is 1.32. The Kier molecular flexibility index (Phi) is 6.69. The van der Waals surface area contributed by atoms with Crippen molar-refractivity contribution in [1.82, 2.24) is 30.3 Å². The number of rotatable bonds is 6. The smallest absolute Gasteiger partial charge is 0.479 e. The molecule has 2 aromatic heterocycles. The molecule has 0 bridgehead atoms. The topological polar surface area (TPSA) is 76.5 Å². The Labute approximate surface area is 206 Å². The van der Waals surface area contributed by atoms with Crippen LogP contribution in [0.1, 0.15) is 35.7 Å². The van der Waals surface area contributed by atoms with Crippen molar-refractivity contribution in [2.24, 2.45) is 0 Å². The lowest BCUT2D eigenvalue weighted by molar-refractivity contribution is -0.275. The maximum Gasteiger partial charge on any atom is 0.573 e. The third-order valence-electron chi connectivity index (χ3n) is 6.33. The van der Waals surface area contributed by atoms with Gasteiger partial charge >= 0.3 is 6.36 Å². The number of imidazole rings is 1. The summed E-state index contributed by atoms with van der Waals surface area (Å²) in [6, 6.07) is 10.2. The third kappa shape index (κ3) is 5.23. The van der Waals surface area contributed by atoms with Crippen LogP contribution in [0.15, 0.2) is 55.0 Å². The van der Waals surface area contributed by atoms with Crippen LogP contribution in [-0.4, -0.2) is 51.9 Å². The molecule has 2 fully saturated rings. The number of methoxy groups -OCH3 is 1. The molecule has 0 aliphatic carbocycles. The molecule has 3 aromatic rings. The first kappa shape index (κ1) is 24.3. The van der Waals surface area contributed by atoms with E-state index in [2.05, 4.69) is 25.4 Å². The molecule has 4 heterocycles. The van der Waals surface area contributed by atoms with E-state index in [1.807, 2.05) is 47.0 Å². The number of hydrogen-bond donors (Lipinski definition) is 2. The normalized spacial score (nSPS) is 22.6. The summed E-state index contributed by atoms with van der Waals surface area (Å²) in [4.78, 5) is 8.83. The van der Waals surface area contributed by atoms with Crippen LogP contribution in [-0.2, 0) is 0 Å². The summed E-state index contributed by atoms with van der Waals surface area (Å²) < 4.78 is 50.6. The van der Waals surface area contributed by atoms with Crippen molar-refractivity contribution in [2.45, 2.75) is 44.4 Å². The van der Waals surface area contributed by atoms with Crippen LogP contribution < -0.4 is 20.2 Å². The Bertz CT molecular complexity index is 1240. The molecule has 0 saturated carbocycles. The average Bonchev–Trinajstić information content (AvgIpc) is 3.47. The van der Waals surface area contributed by atoms with E-state index in [1.54, 1.807) is 31.6 Å². The first-order valence-corrected chi connectivity index (χ1v) is 11.7. The van der Waals surface area contributed by atoms with Crippen molar-refractivity contribution < 1.29 is 22.6 Å². The first-order chi connectivity index (χ1) is 17.3. The molecule has 190 valence electrons. The highest BCUT2D eigenvalue weighted by atomic mass is 19.4. The van der Waals surface area contributed by atoms with Gasteiger partial charge in [0.15, 0.2) is 0 Å². The lowest BCUT2D eigenvalue weighted by Gasteiger charge is -2.36. The number of aryl methyl sites for hydroxylation is 1. The molecular formula is C25H27F3N6O2. The number of benzene rings is 1. The van der Waals surface area contributed by atoms with Gasteiger partial charge in [0.05, 0.1) is 37.2 Å². The zero-order chi connectivity index (χ0) is 25.3. The van der Waals surface area contributed by atoms with Gasteiger partial charge < -0.3 is 14.0 Å². The second-order valence-corrected chi connectivity index (χ2v) is 8.79. The summed E-state index contributed by atoms with van der Waals surface area (Å²) in [6.45, 7) is 2.70. The molecular weight excluding hydrogens is 473 g/mol. The molecule has 2 unspecified atom stereocenters. The number of hydrazine groups is 1. The van der Waals surface area contributed by atoms with Crippen molar-refractivity contribution in [3.05, 3.63) is 71.9 Å². The van der Waals surface area contributed by atoms with E-state index in [1.165, 1.54) is 6.07 Å². The van der Waals surface area contributed by atoms with Crippen molar-refractivity contribution in [2.75, 3.05) is 13.7 Å². The highest BCUT2D eigenvalue weighted by Crippen LogP contribution is 2.39. The molecule has 1 aromatic carbocycles. The number of piperidine rings is 1. The third-order valence-corrected chi connectivity index (χ3v) is 6.33. The fraction of sp³-hybridized carbons (Fsp3) is 0.360. The van der Waals surface area contributed by atoms with Gasteiger partial charge in [-0.1, -0.05) is 18.2 Å². The summed E-state index contributed by atoms with van der Waals surface area (Å²) >= 11 is 0. The van der Waals surface area contributed by atoms with E-state index in [0.717, 1.165) is 30.8 Å². The van der Waals surface area contributed by atoms with Crippen molar-refractivity contribution >= 4 is 6.08 Å². The Morgan fingerprint density at radius 1 is 1.17 bits per heavy atom. The van der Waals surface area contributed by atoms with E-state index in [4.69, 9.17) is 4.74 Å². The summed E-state index contributed by atoms with van der Waals surface area (Å²) in [5, 5.41) is 5.54. The molecule has 5 rings (SSSR count). The lowest BCUT2D eigenvalue weighted by Crippen LogP contribution is -2.47. The van der Waals surface area contributed by atoms with Gasteiger partial charge in [0.25, 0.3) is 0 Å². The molecule has 8 nitrogen and oxygen atoms in total. The van der Waals surface area contributed by atoms with Gasteiger partial charge in [-0.25, -0.2) is 20.4 Å². The summed E-state index contributed by atoms with van der Waals surface area (Å²) in [5.41, 5.74) is 6.33. The monoisotopic (exact) mass is 500 g/mol. The number of nitrogens with zero attached hydrogens (tertiary/aromatic N) is 4. The summed E-state index contributed by atoms with van der Waals surface area (Å²) in [5.74, 6) is 0.155. The summed E-state index contributed by atoms with van der Waals surface area (Å²) in [6.07, 6.45) is 3.89. The zero-order valence-corrected chi connectivity index (χ0v) is 19.9. The van der Waals surface area contributed by atoms with Gasteiger partial charge in [-0.3, -0.25) is 5.32 Å². The molecule has 11 heteroatoms. The van der Waals surface area contributed by atoms with Gasteiger partial charge in [-0.2, -0.15) is 0 Å². The predicted molar refractivity (Wildman–Crippen MR) is 127 cm³/mol. The molecule has 2 N–H and O–H groups in total. The summed E-state index contributed by atoms with van der Waals surface area (Å²) in [7, 11) is 1.57. The highest BCUT2D eigenvalue weighted by molar-refractivity contribution is 5.52. The molecule has 2 aliphatic heterocycles. The van der Waals surface area contributed by atoms with Gasteiger partial charge in [0.1, 0.15) is 11.4 Å². The van der Waals surface area contributed by atoms with Gasteiger partial charge in [0.2, 0.25) is 5.88 Å². The van der Waals surface area contributed by atoms with E-state index >= 15 is 0 Å². The Hall–Kier alpha value is -3.41. The molecule has 0 spiro atoms. The van der Waals surface area contributed by atoms with Crippen LogP contribution in [0.3, 0.4) is 0 Å². The minimum atomic E-state index is -4.74. The predicted octanol–water partition coefficient (Wildman–Crippen LogP) is 4.14. The quantitative estimate of drug-likeness (QED) is 0.527. The van der Waals surface area contributed by atoms with Crippen LogP contribution in [0.25, 0.3) is 11.8 Å². The van der Waals surface area contributed by atoms with E-state index in [0.29, 0.717) is 17.1 Å². The molecule has 0 amide bonds. The molecule has 2 saturated heterocycles. The average molecular weight is 501 g/mol. The van der Waals surface area contributed by atoms with Crippen molar-refractivity contribution in [3.8, 4) is 17.3 Å². The second kappa shape index (κ2) is 9.92. The number of halogens is 3. The number of aromatic nitrogens is 3. The fourth-order valence-electron chi connectivity index (χ4n) is 4.81. The van der Waals surface area contributed by atoms with E-state index in [9.17, 15) is 13.2 Å². The van der Waals surface area contributed by atoms with Gasteiger partial charge in [0, 0.05) is 24.2 Å². The van der Waals surface area contributed by atoms with Crippen LogP contribution in [0, 0.1) is 6.92 Å². The number of ether oxygens (including phenoxy) is 2. The van der Waals surface area contributed by atoms with Crippen LogP contribution in [0.4, 0.5) is 13.2 Å². The molecule has 3 atom stereocenters. The van der Waals surface area contributed by atoms with E-state index < -0.39 is 6.36 Å². The molecule has 36 heavy (non-hydrogen) atoms. The minimum Gasteiger partial charge on any atom is -0.479 e. The fourth-order valence-corrected chi connectivity index (χ4v) is 4.81. The number of hydrogen-bond acceptors (Lipinski definition) is 7. The first-order valence-electron chi connectivity index (χ1n) is 11.7. The van der Waals surface area contributed by atoms with Crippen molar-refractivity contribution in [3.63, 3.8) is 0 Å². The number of para-hydroxylation sites is 1. The SMILES string of the molecule is COc1nc(C=CC2NC3[C@@H](c4ccccc4OC(F)(F)F)CCCN3N2)ccc1-n1cnc(C)c1. The standard InChI is InChI=1S/C25H27F3N6O2/c1-16-14-33(15-29-16)20-11-9-17(30-24(20)35-2)10-12-22-31-23-19(7-5-13-34(23)32-22)18-6-3-4-8-21(18)36-25(26,27)28/h3-4,6,8-12,14-15,19,22-23,31-32H,5,7,13H2,1-2H3/t19-,22?,23?/m1/s1. The molecule has 2 aliphatic rings. The number of nitrogens with one attached hydrogen (secondary N) is 2. The Morgan fingerprint density at radius 3 is 2.75 bits per heavy atom. The van der Waals surface area contributed by atoms with Crippen LogP contribution in [0.5, 0.6) is 11.6 Å². The van der Waals surface area contributed by atoms with Crippen LogP contribution >= 0.6 is 0 Å². The minimum absolute atomic E-state index is 0.151. The maximum absolute atomic E-state index is 13.0. The molecule has 0 radical (unpaired) electrons. The van der Waals surface area contributed by atoms with Crippen LogP contribution in [0.2, 0.25) is 0 Å². The highest BCUT2D eigenvalue weighted by Gasteiger charge is 2.41. The van der Waals surface area contributed by atoms with Gasteiger partial charge in [-0.15, -0.1) is 13.2 Å². The second-order valence-electron chi connectivity index (χ2n) is 8.79. The number of alkyl halides is 3. The van der Waals surface area contributed by atoms with Gasteiger partial charge in [-0.05, 0) is 50.1 Å².